The molecule has 156 valence electrons. The summed E-state index contributed by atoms with van der Waals surface area (Å²) in [6.07, 6.45) is 1.27. The van der Waals surface area contributed by atoms with Crippen LogP contribution >= 0.6 is 0 Å². The van der Waals surface area contributed by atoms with Crippen molar-refractivity contribution in [2.75, 3.05) is 12.4 Å². The summed E-state index contributed by atoms with van der Waals surface area (Å²) in [6, 6.07) is 7.26. The molecule has 28 heavy (non-hydrogen) atoms. The summed E-state index contributed by atoms with van der Waals surface area (Å²) in [7, 11) is 1.86. The number of halogens is 2. The van der Waals surface area contributed by atoms with Crippen LogP contribution in [-0.4, -0.2) is 13.8 Å². The van der Waals surface area contributed by atoms with E-state index in [1.165, 1.54) is 18.6 Å². The van der Waals surface area contributed by atoms with Gasteiger partial charge in [-0.1, -0.05) is 34.1 Å². The van der Waals surface area contributed by atoms with Gasteiger partial charge in [0, 0.05) is 24.4 Å². The standard InChI is InChI=1S/C16H17F2NO.C6H14.CH2O/c1-10-6-14(7-11(2)16(10)19-3)20-9-12-4-5-13(17)8-15(12)18;1-5-6(2,3)4;1-2/h4-8,19H,9H2,1-3H3;5H2,1-4H3;1H2. The van der Waals surface area contributed by atoms with Gasteiger partial charge in [-0.2, -0.15) is 0 Å². The van der Waals surface area contributed by atoms with Crippen LogP contribution in [0.3, 0.4) is 0 Å². The fourth-order valence-electron chi connectivity index (χ4n) is 2.20. The molecule has 5 heteroatoms. The molecule has 0 heterocycles. The summed E-state index contributed by atoms with van der Waals surface area (Å²) in [5, 5.41) is 3.12. The van der Waals surface area contributed by atoms with Crippen LogP contribution in [0.25, 0.3) is 0 Å². The Balaban J connectivity index is 0.000000780. The molecule has 0 radical (unpaired) electrons. The molecule has 2 rings (SSSR count). The van der Waals surface area contributed by atoms with Crippen molar-refractivity contribution in [3.63, 3.8) is 0 Å². The third kappa shape index (κ3) is 8.98. The van der Waals surface area contributed by atoms with Gasteiger partial charge in [0.2, 0.25) is 0 Å². The third-order valence-electron chi connectivity index (χ3n) is 4.23. The monoisotopic (exact) mass is 393 g/mol. The molecule has 2 aromatic carbocycles. The van der Waals surface area contributed by atoms with Crippen LogP contribution in [0.4, 0.5) is 14.5 Å². The number of hydrogen-bond acceptors (Lipinski definition) is 3. The van der Waals surface area contributed by atoms with Gasteiger partial charge in [0.1, 0.15) is 30.8 Å². The number of anilines is 1. The molecule has 0 bridgehead atoms. The van der Waals surface area contributed by atoms with Gasteiger partial charge in [-0.05, 0) is 54.7 Å². The number of nitrogens with one attached hydrogen (secondary N) is 1. The number of benzene rings is 2. The first kappa shape index (κ1) is 25.6. The maximum absolute atomic E-state index is 13.5. The Morgan fingerprint density at radius 2 is 1.54 bits per heavy atom. The second-order valence-corrected chi connectivity index (χ2v) is 7.62. The van der Waals surface area contributed by atoms with Crippen molar-refractivity contribution in [3.05, 3.63) is 58.7 Å². The Morgan fingerprint density at radius 1 is 1.04 bits per heavy atom. The average Bonchev–Trinajstić information content (AvgIpc) is 2.62. The van der Waals surface area contributed by atoms with Crippen LogP contribution in [-0.2, 0) is 11.4 Å². The van der Waals surface area contributed by atoms with Gasteiger partial charge < -0.3 is 14.8 Å². The van der Waals surface area contributed by atoms with Crippen molar-refractivity contribution in [1.82, 2.24) is 0 Å². The molecule has 0 saturated carbocycles. The van der Waals surface area contributed by atoms with E-state index in [4.69, 9.17) is 9.53 Å². The van der Waals surface area contributed by atoms with Crippen LogP contribution in [0.2, 0.25) is 0 Å². The normalized spacial score (nSPS) is 10.2. The zero-order valence-electron chi connectivity index (χ0n) is 18.1. The minimum absolute atomic E-state index is 0.0733. The summed E-state index contributed by atoms with van der Waals surface area (Å²) >= 11 is 0. The largest absolute Gasteiger partial charge is 0.489 e. The van der Waals surface area contributed by atoms with Gasteiger partial charge in [-0.3, -0.25) is 0 Å². The van der Waals surface area contributed by atoms with E-state index in [2.05, 4.69) is 33.0 Å². The van der Waals surface area contributed by atoms with Gasteiger partial charge in [0.05, 0.1) is 0 Å². The zero-order chi connectivity index (χ0) is 21.9. The Morgan fingerprint density at radius 3 is 1.93 bits per heavy atom. The Hall–Kier alpha value is -2.43. The van der Waals surface area contributed by atoms with E-state index in [9.17, 15) is 8.78 Å². The lowest BCUT2D eigenvalue weighted by atomic mass is 9.94. The highest BCUT2D eigenvalue weighted by Crippen LogP contribution is 2.26. The molecular formula is C23H33F2NO2. The van der Waals surface area contributed by atoms with E-state index >= 15 is 0 Å². The van der Waals surface area contributed by atoms with Crippen LogP contribution in [0, 0.1) is 30.9 Å². The van der Waals surface area contributed by atoms with E-state index in [1.54, 1.807) is 0 Å². The molecule has 0 aliphatic rings. The van der Waals surface area contributed by atoms with E-state index in [1.807, 2.05) is 39.8 Å². The smallest absolute Gasteiger partial charge is 0.132 e. The molecule has 0 unspecified atom stereocenters. The first-order chi connectivity index (χ1) is 13.1. The van der Waals surface area contributed by atoms with Crippen LogP contribution < -0.4 is 10.1 Å². The van der Waals surface area contributed by atoms with E-state index < -0.39 is 11.6 Å². The topological polar surface area (TPSA) is 38.3 Å². The van der Waals surface area contributed by atoms with E-state index in [0.717, 1.165) is 22.9 Å². The average molecular weight is 394 g/mol. The number of carbonyl (C=O) groups is 1. The van der Waals surface area contributed by atoms with E-state index in [-0.39, 0.29) is 6.61 Å². The van der Waals surface area contributed by atoms with Crippen molar-refractivity contribution in [2.24, 2.45) is 5.41 Å². The number of ether oxygens (including phenoxy) is 1. The molecule has 1 N–H and O–H groups in total. The second kappa shape index (κ2) is 12.1. The first-order valence-corrected chi connectivity index (χ1v) is 9.22. The predicted molar refractivity (Wildman–Crippen MR) is 113 cm³/mol. The predicted octanol–water partition coefficient (Wildman–Crippen LogP) is 6.46. The number of hydrogen-bond donors (Lipinski definition) is 1. The number of aryl methyl sites for hydroxylation is 2. The molecule has 0 saturated heterocycles. The maximum atomic E-state index is 13.5. The second-order valence-electron chi connectivity index (χ2n) is 7.62. The molecular weight excluding hydrogens is 360 g/mol. The van der Waals surface area contributed by atoms with Crippen LogP contribution in [0.15, 0.2) is 30.3 Å². The lowest BCUT2D eigenvalue weighted by Crippen LogP contribution is -2.01. The minimum Gasteiger partial charge on any atom is -0.489 e. The van der Waals surface area contributed by atoms with E-state index in [0.29, 0.717) is 16.7 Å². The molecule has 3 nitrogen and oxygen atoms in total. The quantitative estimate of drug-likeness (QED) is 0.648. The van der Waals surface area contributed by atoms with Crippen molar-refractivity contribution in [3.8, 4) is 5.75 Å². The van der Waals surface area contributed by atoms with Crippen LogP contribution in [0.5, 0.6) is 5.75 Å². The van der Waals surface area contributed by atoms with Crippen molar-refractivity contribution >= 4 is 12.5 Å². The lowest BCUT2D eigenvalue weighted by molar-refractivity contribution is -0.0979. The lowest BCUT2D eigenvalue weighted by Gasteiger charge is -2.13. The molecule has 0 aliphatic heterocycles. The molecule has 0 fully saturated rings. The highest BCUT2D eigenvalue weighted by atomic mass is 19.1. The maximum Gasteiger partial charge on any atom is 0.132 e. The summed E-state index contributed by atoms with van der Waals surface area (Å²) in [4.78, 5) is 8.00. The number of rotatable bonds is 4. The van der Waals surface area contributed by atoms with Crippen molar-refractivity contribution in [1.29, 1.82) is 0 Å². The SMILES string of the molecule is C=O.CCC(C)(C)C.CNc1c(C)cc(OCc2ccc(F)cc2F)cc1C. The Kier molecular flexibility index (Phi) is 11.1. The molecule has 0 spiro atoms. The fourth-order valence-corrected chi connectivity index (χ4v) is 2.20. The first-order valence-electron chi connectivity index (χ1n) is 9.22. The molecule has 0 aromatic heterocycles. The molecule has 0 amide bonds. The third-order valence-corrected chi connectivity index (χ3v) is 4.23. The minimum atomic E-state index is -0.592. The fraction of sp³-hybridized carbons (Fsp3) is 0.435. The summed E-state index contributed by atoms with van der Waals surface area (Å²) in [5.74, 6) is -0.510. The number of carbonyl (C=O) groups excluding carboxylic acids is 1. The summed E-state index contributed by atoms with van der Waals surface area (Å²) in [5.41, 5.74) is 4.05. The zero-order valence-corrected chi connectivity index (χ0v) is 18.1. The van der Waals surface area contributed by atoms with Crippen LogP contribution in [0.1, 0.15) is 50.8 Å². The van der Waals surface area contributed by atoms with Gasteiger partial charge >= 0.3 is 0 Å². The Labute approximate surface area is 168 Å². The highest BCUT2D eigenvalue weighted by Gasteiger charge is 2.07. The molecule has 0 aliphatic carbocycles. The molecule has 2 aromatic rings. The summed E-state index contributed by atoms with van der Waals surface area (Å²) in [6.45, 7) is 15.0. The summed E-state index contributed by atoms with van der Waals surface area (Å²) < 4.78 is 31.9. The van der Waals surface area contributed by atoms with Crippen molar-refractivity contribution < 1.29 is 18.3 Å². The van der Waals surface area contributed by atoms with Gasteiger partial charge in [-0.15, -0.1) is 0 Å². The van der Waals surface area contributed by atoms with Gasteiger partial charge in [0.15, 0.2) is 0 Å². The van der Waals surface area contributed by atoms with Crippen molar-refractivity contribution in [2.45, 2.75) is 54.6 Å². The Bertz CT molecular complexity index is 717. The van der Waals surface area contributed by atoms with Gasteiger partial charge in [0.25, 0.3) is 0 Å². The van der Waals surface area contributed by atoms with Gasteiger partial charge in [-0.25, -0.2) is 8.78 Å². The highest BCUT2D eigenvalue weighted by molar-refractivity contribution is 5.59. The molecule has 0 atom stereocenters.